The summed E-state index contributed by atoms with van der Waals surface area (Å²) in [6.07, 6.45) is 1.22. The quantitative estimate of drug-likeness (QED) is 0.213. The summed E-state index contributed by atoms with van der Waals surface area (Å²) in [4.78, 5) is 12.1. The second kappa shape index (κ2) is 16.0. The van der Waals surface area contributed by atoms with E-state index in [1.165, 1.54) is 36.6 Å². The topological polar surface area (TPSA) is 41.1 Å². The molecule has 222 valence electrons. The number of aryl methyl sites for hydroxylation is 3. The highest BCUT2D eigenvalue weighted by Gasteiger charge is 2.12. The van der Waals surface area contributed by atoms with Gasteiger partial charge in [-0.05, 0) is 98.9 Å². The molecule has 3 rings (SSSR count). The van der Waals surface area contributed by atoms with Gasteiger partial charge < -0.3 is 10.6 Å². The normalized spacial score (nSPS) is 11.2. The monoisotopic (exact) mass is 558 g/mol. The van der Waals surface area contributed by atoms with Crippen molar-refractivity contribution in [3.05, 3.63) is 107 Å². The number of anilines is 2. The van der Waals surface area contributed by atoms with Crippen LogP contribution in [0.4, 0.5) is 15.8 Å². The van der Waals surface area contributed by atoms with Gasteiger partial charge in [-0.3, -0.25) is 4.79 Å². The Morgan fingerprint density at radius 1 is 0.854 bits per heavy atom. The van der Waals surface area contributed by atoms with Crippen LogP contribution < -0.4 is 10.6 Å². The zero-order valence-electron chi connectivity index (χ0n) is 27.2. The van der Waals surface area contributed by atoms with Crippen LogP contribution in [0, 0.1) is 37.9 Å². The van der Waals surface area contributed by atoms with E-state index >= 15 is 0 Å². The van der Waals surface area contributed by atoms with E-state index in [9.17, 15) is 9.18 Å². The first-order chi connectivity index (χ1) is 18.9. The Morgan fingerprint density at radius 3 is 1.76 bits per heavy atom. The number of hydrogen-bond donors (Lipinski definition) is 2. The van der Waals surface area contributed by atoms with Gasteiger partial charge in [0, 0.05) is 11.3 Å². The number of hydrogen-bond acceptors (Lipinski definition) is 3. The lowest BCUT2D eigenvalue weighted by molar-refractivity contribution is 0.101. The molecular formula is C37H51FN2O. The first kappa shape index (κ1) is 35.4. The summed E-state index contributed by atoms with van der Waals surface area (Å²) in [5.41, 5.74) is 9.20. The summed E-state index contributed by atoms with van der Waals surface area (Å²) < 4.78 is 13.2. The minimum Gasteiger partial charge on any atom is -0.342 e. The van der Waals surface area contributed by atoms with Crippen LogP contribution in [0.5, 0.6) is 0 Å². The molecule has 3 aromatic carbocycles. The Bertz CT molecular complexity index is 1300. The van der Waals surface area contributed by atoms with E-state index in [4.69, 9.17) is 0 Å². The van der Waals surface area contributed by atoms with Crippen molar-refractivity contribution in [2.45, 2.75) is 82.6 Å². The summed E-state index contributed by atoms with van der Waals surface area (Å²) in [7, 11) is 0. The molecule has 0 aromatic heterocycles. The van der Waals surface area contributed by atoms with Gasteiger partial charge in [-0.25, -0.2) is 4.39 Å². The van der Waals surface area contributed by atoms with Gasteiger partial charge in [0.05, 0.1) is 5.69 Å². The summed E-state index contributed by atoms with van der Waals surface area (Å²) in [6, 6.07) is 16.0. The van der Waals surface area contributed by atoms with Gasteiger partial charge in [-0.1, -0.05) is 96.2 Å². The standard InChI is InChI=1S/C25H25FN2O.C7H14.C5H12/c1-15-12-16(2)25(17(3)13-15)28-19(5)27-24-14-21(8-11-23(24)18(4)29)20-6-9-22(26)10-7-20;1-5-7(4)6(2)3;1-5(2,3)4/h6-14,27-28H,5H2,1-4H3;7H,2,5H2,1,3-4H3;1-4H3. The first-order valence-corrected chi connectivity index (χ1v) is 14.3. The summed E-state index contributed by atoms with van der Waals surface area (Å²) >= 11 is 0. The Balaban J connectivity index is 0.000000589. The molecule has 0 aliphatic carbocycles. The molecule has 1 unspecified atom stereocenters. The van der Waals surface area contributed by atoms with Crippen LogP contribution in [-0.2, 0) is 0 Å². The lowest BCUT2D eigenvalue weighted by atomic mass is 10.0. The van der Waals surface area contributed by atoms with Crippen LogP contribution >= 0.6 is 0 Å². The number of carbonyl (C=O) groups excluding carboxylic acids is 1. The first-order valence-electron chi connectivity index (χ1n) is 14.3. The van der Waals surface area contributed by atoms with Crippen LogP contribution in [0.25, 0.3) is 11.1 Å². The van der Waals surface area contributed by atoms with Gasteiger partial charge in [0.25, 0.3) is 0 Å². The number of allylic oxidation sites excluding steroid dienone is 1. The Kier molecular flexibility index (Phi) is 13.8. The molecule has 3 aromatic rings. The lowest BCUT2D eigenvalue weighted by Gasteiger charge is -2.19. The van der Waals surface area contributed by atoms with Crippen molar-refractivity contribution >= 4 is 17.2 Å². The molecule has 0 fully saturated rings. The smallest absolute Gasteiger partial charge is 0.161 e. The molecule has 0 aliphatic heterocycles. The maximum absolute atomic E-state index is 13.2. The van der Waals surface area contributed by atoms with Crippen molar-refractivity contribution in [3.8, 4) is 11.1 Å². The van der Waals surface area contributed by atoms with Crippen molar-refractivity contribution in [1.29, 1.82) is 0 Å². The Morgan fingerprint density at radius 2 is 1.34 bits per heavy atom. The Hall–Kier alpha value is -3.66. The highest BCUT2D eigenvalue weighted by molar-refractivity contribution is 6.00. The van der Waals surface area contributed by atoms with Crippen molar-refractivity contribution in [2.24, 2.45) is 11.3 Å². The summed E-state index contributed by atoms with van der Waals surface area (Å²) in [5, 5.41) is 6.55. The van der Waals surface area contributed by atoms with Crippen molar-refractivity contribution in [2.75, 3.05) is 10.6 Å². The fourth-order valence-corrected chi connectivity index (χ4v) is 3.85. The van der Waals surface area contributed by atoms with E-state index in [0.717, 1.165) is 27.9 Å². The number of nitrogens with one attached hydrogen (secondary N) is 2. The molecule has 0 saturated heterocycles. The third-order valence-electron chi connectivity index (χ3n) is 6.27. The number of benzene rings is 3. The minimum atomic E-state index is -0.283. The zero-order chi connectivity index (χ0) is 31.5. The van der Waals surface area contributed by atoms with Gasteiger partial charge >= 0.3 is 0 Å². The molecule has 0 radical (unpaired) electrons. The fourth-order valence-electron chi connectivity index (χ4n) is 3.85. The van der Waals surface area contributed by atoms with Gasteiger partial charge in [0.15, 0.2) is 5.78 Å². The van der Waals surface area contributed by atoms with E-state index in [0.29, 0.717) is 28.4 Å². The molecule has 2 N–H and O–H groups in total. The van der Waals surface area contributed by atoms with Gasteiger partial charge in [0.2, 0.25) is 0 Å². The lowest BCUT2D eigenvalue weighted by Crippen LogP contribution is -2.12. The third-order valence-corrected chi connectivity index (χ3v) is 6.27. The highest BCUT2D eigenvalue weighted by atomic mass is 19.1. The van der Waals surface area contributed by atoms with Crippen LogP contribution in [0.3, 0.4) is 0 Å². The van der Waals surface area contributed by atoms with Crippen LogP contribution in [0.2, 0.25) is 0 Å². The molecule has 0 aliphatic rings. The molecule has 0 saturated carbocycles. The molecule has 0 bridgehead atoms. The SMILES string of the molecule is C=C(C)C(C)CC.C=C(Nc1cc(-c2ccc(F)cc2)ccc1C(C)=O)Nc1c(C)cc(C)cc1C.CC(C)(C)C. The number of rotatable bonds is 8. The maximum atomic E-state index is 13.2. The molecule has 41 heavy (non-hydrogen) atoms. The molecule has 0 heterocycles. The van der Waals surface area contributed by atoms with E-state index in [2.05, 4.69) is 91.3 Å². The number of Topliss-reactive ketones (excluding diaryl/α,β-unsaturated/α-hetero) is 1. The van der Waals surface area contributed by atoms with E-state index in [1.807, 2.05) is 26.0 Å². The van der Waals surface area contributed by atoms with Crippen LogP contribution in [0.15, 0.2) is 79.1 Å². The average Bonchev–Trinajstić information content (AvgIpc) is 2.85. The molecular weight excluding hydrogens is 507 g/mol. The molecule has 0 spiro atoms. The van der Waals surface area contributed by atoms with Gasteiger partial charge in [-0.15, -0.1) is 0 Å². The number of ketones is 1. The summed E-state index contributed by atoms with van der Waals surface area (Å²) in [5.74, 6) is 0.946. The van der Waals surface area contributed by atoms with Crippen LogP contribution in [-0.4, -0.2) is 5.78 Å². The van der Waals surface area contributed by atoms with Crippen molar-refractivity contribution < 1.29 is 9.18 Å². The average molecular weight is 559 g/mol. The second-order valence-corrected chi connectivity index (χ2v) is 12.5. The van der Waals surface area contributed by atoms with E-state index < -0.39 is 0 Å². The highest BCUT2D eigenvalue weighted by Crippen LogP contribution is 2.29. The molecule has 4 heteroatoms. The predicted octanol–water partition coefficient (Wildman–Crippen LogP) is 11.3. The zero-order valence-corrected chi connectivity index (χ0v) is 27.2. The van der Waals surface area contributed by atoms with E-state index in [-0.39, 0.29) is 11.6 Å². The fraction of sp³-hybridized carbons (Fsp3) is 0.378. The number of carbonyl (C=O) groups is 1. The predicted molar refractivity (Wildman–Crippen MR) is 178 cm³/mol. The van der Waals surface area contributed by atoms with Crippen LogP contribution in [0.1, 0.15) is 88.9 Å². The van der Waals surface area contributed by atoms with Crippen molar-refractivity contribution in [1.82, 2.24) is 0 Å². The molecule has 0 amide bonds. The second-order valence-electron chi connectivity index (χ2n) is 12.5. The number of halogens is 1. The summed E-state index contributed by atoms with van der Waals surface area (Å²) in [6.45, 7) is 30.8. The van der Waals surface area contributed by atoms with E-state index in [1.54, 1.807) is 18.2 Å². The van der Waals surface area contributed by atoms with Gasteiger partial charge in [0.1, 0.15) is 11.6 Å². The molecule has 3 nitrogen and oxygen atoms in total. The van der Waals surface area contributed by atoms with Crippen molar-refractivity contribution in [3.63, 3.8) is 0 Å². The van der Waals surface area contributed by atoms with Gasteiger partial charge in [-0.2, -0.15) is 0 Å². The minimum absolute atomic E-state index is 0.0475. The Labute approximate surface area is 249 Å². The largest absolute Gasteiger partial charge is 0.342 e. The third kappa shape index (κ3) is 13.0. The maximum Gasteiger partial charge on any atom is 0.161 e. The molecule has 1 atom stereocenters.